The number of halogens is 1. The molecule has 8 nitrogen and oxygen atoms in total. The molecular weight excluding hydrogens is 487 g/mol. The summed E-state index contributed by atoms with van der Waals surface area (Å²) in [5.41, 5.74) is 0.935. The van der Waals surface area contributed by atoms with Crippen LogP contribution in [0.5, 0.6) is 17.2 Å². The second kappa shape index (κ2) is 11.8. The smallest absolute Gasteiger partial charge is 0.264 e. The SMILES string of the molecule is CCOc1ccc(S(=O)(=O)N(CC(=O)N(C)Cc2ccc(OC)c(OC)c2)c2ccc(F)cc2)cc1. The number of likely N-dealkylation sites (N-methyl/N-ethyl adjacent to an activating group) is 1. The van der Waals surface area contributed by atoms with Crippen LogP contribution in [0, 0.1) is 5.82 Å². The van der Waals surface area contributed by atoms with Gasteiger partial charge in [-0.25, -0.2) is 12.8 Å². The molecule has 0 unspecified atom stereocenters. The molecule has 10 heteroatoms. The number of carbonyl (C=O) groups excluding carboxylic acids is 1. The van der Waals surface area contributed by atoms with Crippen molar-refractivity contribution in [1.82, 2.24) is 4.90 Å². The van der Waals surface area contributed by atoms with E-state index >= 15 is 0 Å². The highest BCUT2D eigenvalue weighted by Gasteiger charge is 2.28. The molecule has 0 aliphatic carbocycles. The molecule has 0 saturated carbocycles. The number of methoxy groups -OCH3 is 2. The van der Waals surface area contributed by atoms with Crippen molar-refractivity contribution >= 4 is 21.6 Å². The van der Waals surface area contributed by atoms with Crippen molar-refractivity contribution in [2.75, 3.05) is 38.7 Å². The van der Waals surface area contributed by atoms with Crippen LogP contribution in [0.25, 0.3) is 0 Å². The average Bonchev–Trinajstić information content (AvgIpc) is 2.88. The first kappa shape index (κ1) is 26.8. The third kappa shape index (κ3) is 6.25. The van der Waals surface area contributed by atoms with E-state index in [4.69, 9.17) is 14.2 Å². The lowest BCUT2D eigenvalue weighted by molar-refractivity contribution is -0.128. The molecule has 0 bridgehead atoms. The van der Waals surface area contributed by atoms with E-state index in [0.717, 1.165) is 22.0 Å². The molecule has 0 N–H and O–H groups in total. The van der Waals surface area contributed by atoms with Crippen molar-refractivity contribution in [2.45, 2.75) is 18.4 Å². The van der Waals surface area contributed by atoms with Crippen molar-refractivity contribution in [3.8, 4) is 17.2 Å². The van der Waals surface area contributed by atoms with Crippen LogP contribution in [0.2, 0.25) is 0 Å². The highest BCUT2D eigenvalue weighted by atomic mass is 32.2. The van der Waals surface area contributed by atoms with Crippen LogP contribution in [0.4, 0.5) is 10.1 Å². The highest BCUT2D eigenvalue weighted by Crippen LogP contribution is 2.29. The van der Waals surface area contributed by atoms with Crippen LogP contribution in [-0.4, -0.2) is 53.6 Å². The van der Waals surface area contributed by atoms with Crippen molar-refractivity contribution in [3.63, 3.8) is 0 Å². The van der Waals surface area contributed by atoms with Gasteiger partial charge < -0.3 is 19.1 Å². The minimum Gasteiger partial charge on any atom is -0.494 e. The van der Waals surface area contributed by atoms with Gasteiger partial charge >= 0.3 is 0 Å². The van der Waals surface area contributed by atoms with E-state index in [9.17, 15) is 17.6 Å². The summed E-state index contributed by atoms with van der Waals surface area (Å²) in [6.45, 7) is 1.99. The number of nitrogens with zero attached hydrogens (tertiary/aromatic N) is 2. The normalized spacial score (nSPS) is 11.0. The zero-order valence-electron chi connectivity index (χ0n) is 20.6. The second-order valence-corrected chi connectivity index (χ2v) is 9.69. The zero-order valence-corrected chi connectivity index (χ0v) is 21.4. The molecule has 0 aliphatic heterocycles. The summed E-state index contributed by atoms with van der Waals surface area (Å²) >= 11 is 0. The van der Waals surface area contributed by atoms with E-state index in [-0.39, 0.29) is 17.1 Å². The van der Waals surface area contributed by atoms with Gasteiger partial charge in [-0.1, -0.05) is 6.07 Å². The van der Waals surface area contributed by atoms with Gasteiger partial charge in [0.05, 0.1) is 31.4 Å². The van der Waals surface area contributed by atoms with E-state index in [1.807, 2.05) is 6.92 Å². The number of ether oxygens (including phenoxy) is 3. The van der Waals surface area contributed by atoms with Crippen LogP contribution < -0.4 is 18.5 Å². The molecule has 0 fully saturated rings. The Morgan fingerprint density at radius 1 is 0.917 bits per heavy atom. The summed E-state index contributed by atoms with van der Waals surface area (Å²) in [6, 6.07) is 16.1. The van der Waals surface area contributed by atoms with Crippen LogP contribution in [0.3, 0.4) is 0 Å². The lowest BCUT2D eigenvalue weighted by Gasteiger charge is -2.27. The van der Waals surface area contributed by atoms with Crippen molar-refractivity contribution in [3.05, 3.63) is 78.1 Å². The molecule has 192 valence electrons. The number of rotatable bonds is 11. The Kier molecular flexibility index (Phi) is 8.76. The quantitative estimate of drug-likeness (QED) is 0.382. The number of anilines is 1. The third-order valence-corrected chi connectivity index (χ3v) is 7.20. The molecule has 0 aliphatic rings. The van der Waals surface area contributed by atoms with Crippen LogP contribution in [-0.2, 0) is 21.4 Å². The summed E-state index contributed by atoms with van der Waals surface area (Å²) in [7, 11) is 0.473. The molecule has 3 aromatic rings. The van der Waals surface area contributed by atoms with E-state index in [1.54, 1.807) is 37.4 Å². The van der Waals surface area contributed by atoms with E-state index in [2.05, 4.69) is 0 Å². The summed E-state index contributed by atoms with van der Waals surface area (Å²) < 4.78 is 57.6. The molecule has 0 radical (unpaired) electrons. The standard InChI is InChI=1S/C26H29FN2O6S/c1-5-35-22-11-13-23(14-12-22)36(31,32)29(21-9-7-20(27)8-10-21)18-26(30)28(2)17-19-6-15-24(33-3)25(16-19)34-4/h6-16H,5,17-18H2,1-4H3. The first-order valence-corrected chi connectivity index (χ1v) is 12.6. The number of sulfonamides is 1. The van der Waals surface area contributed by atoms with Crippen LogP contribution >= 0.6 is 0 Å². The topological polar surface area (TPSA) is 85.4 Å². The number of hydrogen-bond donors (Lipinski definition) is 0. The van der Waals surface area contributed by atoms with Crippen molar-refractivity contribution in [2.24, 2.45) is 0 Å². The Hall–Kier alpha value is -3.79. The fourth-order valence-electron chi connectivity index (χ4n) is 3.51. The molecular formula is C26H29FN2O6S. The molecule has 0 atom stereocenters. The Labute approximate surface area is 210 Å². The van der Waals surface area contributed by atoms with Gasteiger partial charge in [-0.3, -0.25) is 9.10 Å². The number of amides is 1. The van der Waals surface area contributed by atoms with Crippen molar-refractivity contribution < 1.29 is 31.8 Å². The van der Waals surface area contributed by atoms with Crippen molar-refractivity contribution in [1.29, 1.82) is 0 Å². The van der Waals surface area contributed by atoms with Crippen LogP contribution in [0.15, 0.2) is 71.6 Å². The number of benzene rings is 3. The Morgan fingerprint density at radius 3 is 2.14 bits per heavy atom. The molecule has 0 aromatic heterocycles. The Balaban J connectivity index is 1.87. The largest absolute Gasteiger partial charge is 0.494 e. The van der Waals surface area contributed by atoms with E-state index < -0.39 is 28.3 Å². The fraction of sp³-hybridized carbons (Fsp3) is 0.269. The van der Waals surface area contributed by atoms with Gasteiger partial charge in [-0.05, 0) is 73.2 Å². The second-order valence-electron chi connectivity index (χ2n) is 7.83. The van der Waals surface area contributed by atoms with Crippen LogP contribution in [0.1, 0.15) is 12.5 Å². The summed E-state index contributed by atoms with van der Waals surface area (Å²) in [5, 5.41) is 0. The summed E-state index contributed by atoms with van der Waals surface area (Å²) in [6.07, 6.45) is 0. The molecule has 0 spiro atoms. The monoisotopic (exact) mass is 516 g/mol. The van der Waals surface area contributed by atoms with E-state index in [0.29, 0.717) is 23.9 Å². The molecule has 0 saturated heterocycles. The summed E-state index contributed by atoms with van der Waals surface area (Å²) in [5.74, 6) is 0.620. The zero-order chi connectivity index (χ0) is 26.3. The Bertz CT molecular complexity index is 1280. The maximum atomic E-state index is 13.6. The maximum Gasteiger partial charge on any atom is 0.264 e. The first-order chi connectivity index (χ1) is 17.2. The molecule has 36 heavy (non-hydrogen) atoms. The van der Waals surface area contributed by atoms with Gasteiger partial charge in [0.2, 0.25) is 5.91 Å². The molecule has 1 amide bonds. The number of carbonyl (C=O) groups is 1. The minimum absolute atomic E-state index is 0.0226. The lowest BCUT2D eigenvalue weighted by atomic mass is 10.2. The van der Waals surface area contributed by atoms with Gasteiger partial charge in [0, 0.05) is 13.6 Å². The van der Waals surface area contributed by atoms with Gasteiger partial charge in [0.15, 0.2) is 11.5 Å². The van der Waals surface area contributed by atoms with E-state index in [1.165, 1.54) is 43.4 Å². The number of hydrogen-bond acceptors (Lipinski definition) is 6. The highest BCUT2D eigenvalue weighted by molar-refractivity contribution is 7.92. The predicted octanol–water partition coefficient (Wildman–Crippen LogP) is 4.10. The van der Waals surface area contributed by atoms with Gasteiger partial charge in [0.25, 0.3) is 10.0 Å². The molecule has 0 heterocycles. The van der Waals surface area contributed by atoms with Gasteiger partial charge in [-0.15, -0.1) is 0 Å². The third-order valence-electron chi connectivity index (χ3n) is 5.41. The fourth-order valence-corrected chi connectivity index (χ4v) is 4.92. The average molecular weight is 517 g/mol. The molecule has 3 aromatic carbocycles. The lowest BCUT2D eigenvalue weighted by Crippen LogP contribution is -2.41. The van der Waals surface area contributed by atoms with Gasteiger partial charge in [0.1, 0.15) is 18.1 Å². The minimum atomic E-state index is -4.15. The Morgan fingerprint density at radius 2 is 1.56 bits per heavy atom. The molecule has 3 rings (SSSR count). The summed E-state index contributed by atoms with van der Waals surface area (Å²) in [4.78, 5) is 14.5. The maximum absolute atomic E-state index is 13.6. The van der Waals surface area contributed by atoms with Gasteiger partial charge in [-0.2, -0.15) is 0 Å². The first-order valence-electron chi connectivity index (χ1n) is 11.2. The predicted molar refractivity (Wildman–Crippen MR) is 135 cm³/mol.